The van der Waals surface area contributed by atoms with Crippen molar-refractivity contribution in [2.24, 2.45) is 0 Å². The van der Waals surface area contributed by atoms with Crippen LogP contribution in [0.1, 0.15) is 54.1 Å². The number of sulfonamides is 1. The number of rotatable bonds is 7. The Kier molecular flexibility index (Phi) is 12.2. The zero-order chi connectivity index (χ0) is 26.1. The number of nitrogens with one attached hydrogen (secondary N) is 1. The monoisotopic (exact) mass is 620 g/mol. The summed E-state index contributed by atoms with van der Waals surface area (Å²) in [6, 6.07) is 31.0. The summed E-state index contributed by atoms with van der Waals surface area (Å²) in [6.07, 6.45) is 0. The maximum absolute atomic E-state index is 12.8. The zero-order valence-electron chi connectivity index (χ0n) is 21.0. The van der Waals surface area contributed by atoms with Crippen LogP contribution in [0.15, 0.2) is 114 Å². The van der Waals surface area contributed by atoms with Crippen molar-refractivity contribution in [3.05, 3.63) is 147 Å². The van der Waals surface area contributed by atoms with E-state index in [1.807, 2.05) is 36.4 Å². The van der Waals surface area contributed by atoms with Crippen molar-refractivity contribution in [3.8, 4) is 0 Å². The van der Waals surface area contributed by atoms with E-state index in [1.165, 1.54) is 35.4 Å². The fraction of sp³-hybridized carbons (Fsp3) is 0.200. The van der Waals surface area contributed by atoms with Gasteiger partial charge in [0.1, 0.15) is 10.0 Å². The summed E-state index contributed by atoms with van der Waals surface area (Å²) in [5.74, 6) is 0.653. The molecule has 7 heteroatoms. The zero-order valence-corrected chi connectivity index (χ0v) is 24.3. The molecule has 0 heterocycles. The minimum Gasteiger partial charge on any atom is -0.672 e. The van der Waals surface area contributed by atoms with Gasteiger partial charge in [-0.05, 0) is 42.7 Å². The average Bonchev–Trinajstić information content (AvgIpc) is 2.89. The first-order valence-electron chi connectivity index (χ1n) is 11.8. The molecule has 0 fully saturated rings. The minimum atomic E-state index is -3.93. The predicted molar refractivity (Wildman–Crippen MR) is 150 cm³/mol. The van der Waals surface area contributed by atoms with Crippen molar-refractivity contribution in [2.75, 3.05) is 0 Å². The molecule has 1 N–H and O–H groups in total. The maximum atomic E-state index is 12.8. The molecule has 2 atom stereocenters. The molecular weight excluding hydrogens is 589 g/mol. The van der Waals surface area contributed by atoms with Gasteiger partial charge in [-0.15, -0.1) is 12.1 Å². The number of benzene rings is 4. The molecule has 194 valence electrons. The number of hydrogen-bond donors (Lipinski definition) is 0. The summed E-state index contributed by atoms with van der Waals surface area (Å²) in [4.78, 5) is 0.0584. The van der Waals surface area contributed by atoms with E-state index < -0.39 is 22.1 Å². The Bertz CT molecular complexity index is 1320. The van der Waals surface area contributed by atoms with Gasteiger partial charge in [-0.25, -0.2) is 8.42 Å². The van der Waals surface area contributed by atoms with E-state index in [0.717, 1.165) is 0 Å². The Hall–Kier alpha value is -2.34. The quantitative estimate of drug-likeness (QED) is 0.194. The van der Waals surface area contributed by atoms with Gasteiger partial charge in [0.05, 0.1) is 0 Å². The molecule has 0 amide bonds. The van der Waals surface area contributed by atoms with Crippen LogP contribution in [0.4, 0.5) is 0 Å². The second-order valence-corrected chi connectivity index (χ2v) is 10.9. The smallest absolute Gasteiger partial charge is 0.672 e. The second-order valence-electron chi connectivity index (χ2n) is 8.84. The van der Waals surface area contributed by atoms with Crippen LogP contribution in [0.2, 0.25) is 5.02 Å². The van der Waals surface area contributed by atoms with Crippen LogP contribution in [0.5, 0.6) is 0 Å². The van der Waals surface area contributed by atoms with E-state index in [1.54, 1.807) is 24.3 Å². The van der Waals surface area contributed by atoms with Crippen molar-refractivity contribution in [2.45, 2.75) is 43.7 Å². The van der Waals surface area contributed by atoms with Gasteiger partial charge in [-0.3, -0.25) is 0 Å². The molecule has 37 heavy (non-hydrogen) atoms. The summed E-state index contributed by atoms with van der Waals surface area (Å²) < 4.78 is 29.6. The molecule has 0 saturated heterocycles. The van der Waals surface area contributed by atoms with Gasteiger partial charge in [0.25, 0.3) is 0 Å². The van der Waals surface area contributed by atoms with Gasteiger partial charge < -0.3 is 10.5 Å². The molecule has 0 spiro atoms. The number of hydrogen-bond acceptors (Lipinski definition) is 2. The molecule has 4 aromatic carbocycles. The summed E-state index contributed by atoms with van der Waals surface area (Å²) in [6.45, 7) is 6.54. The fourth-order valence-corrected chi connectivity index (χ4v) is 4.85. The van der Waals surface area contributed by atoms with Gasteiger partial charge in [-0.2, -0.15) is 0 Å². The predicted octanol–water partition coefficient (Wildman–Crippen LogP) is 9.05. The van der Waals surface area contributed by atoms with Gasteiger partial charge in [0.15, 0.2) is 0 Å². The first kappa shape index (κ1) is 30.9. The molecule has 0 radical (unpaired) electrons. The van der Waals surface area contributed by atoms with Crippen molar-refractivity contribution in [1.82, 2.24) is 0 Å². The third-order valence-corrected chi connectivity index (χ3v) is 7.35. The largest absolute Gasteiger partial charge is 2.00 e. The van der Waals surface area contributed by atoms with Crippen LogP contribution in [-0.2, 0) is 29.5 Å². The van der Waals surface area contributed by atoms with E-state index in [2.05, 4.69) is 49.8 Å². The molecule has 0 unspecified atom stereocenters. The second kappa shape index (κ2) is 14.6. The third-order valence-electron chi connectivity index (χ3n) is 5.72. The van der Waals surface area contributed by atoms with E-state index in [-0.39, 0.29) is 24.4 Å². The topological polar surface area (TPSA) is 72.0 Å². The summed E-state index contributed by atoms with van der Waals surface area (Å²) in [5.41, 5.74) is 12.7. The van der Waals surface area contributed by atoms with E-state index in [0.29, 0.717) is 22.1 Å². The standard InChI is InChI=1S/C20H17ClN2O2S.C10H14.Ru/c21-17-11-13-18(14-12-17)26(24,25)23-20(16-9-5-2-6-10-16)19(22)15-7-3-1-4-8-15;1-8(2)10-6-4-9(3)5-7-10;/h1-14,19-20,22H;4-8H,1-3H3;/q-2;;+2/t19-,20-;;/m0../s1. The Morgan fingerprint density at radius 2 is 1.19 bits per heavy atom. The van der Waals surface area contributed by atoms with E-state index in [9.17, 15) is 8.42 Å². The van der Waals surface area contributed by atoms with Gasteiger partial charge >= 0.3 is 19.5 Å². The summed E-state index contributed by atoms with van der Waals surface area (Å²) in [5, 5.41) is 0.450. The Morgan fingerprint density at radius 3 is 1.68 bits per heavy atom. The minimum absolute atomic E-state index is 0. The molecule has 4 rings (SSSR count). The van der Waals surface area contributed by atoms with Gasteiger partial charge in [-0.1, -0.05) is 127 Å². The van der Waals surface area contributed by atoms with Crippen molar-refractivity contribution < 1.29 is 27.9 Å². The Labute approximate surface area is 239 Å². The van der Waals surface area contributed by atoms with Crippen LogP contribution >= 0.6 is 11.6 Å². The summed E-state index contributed by atoms with van der Waals surface area (Å²) >= 11 is 5.84. The van der Waals surface area contributed by atoms with E-state index in [4.69, 9.17) is 17.3 Å². The molecule has 0 aliphatic carbocycles. The number of nitrogens with zero attached hydrogens (tertiary/aromatic N) is 1. The van der Waals surface area contributed by atoms with Crippen LogP contribution in [0, 0.1) is 6.92 Å². The van der Waals surface area contributed by atoms with Crippen LogP contribution in [0.25, 0.3) is 10.5 Å². The van der Waals surface area contributed by atoms with Crippen LogP contribution in [-0.4, -0.2) is 8.42 Å². The number of halogens is 1. The molecule has 0 aliphatic heterocycles. The molecule has 0 aliphatic rings. The van der Waals surface area contributed by atoms with Gasteiger partial charge in [0, 0.05) is 9.92 Å². The third kappa shape index (κ3) is 9.17. The average molecular weight is 620 g/mol. The maximum Gasteiger partial charge on any atom is 2.00 e. The number of aryl methyl sites for hydroxylation is 1. The molecule has 0 saturated carbocycles. The van der Waals surface area contributed by atoms with Gasteiger partial charge in [0.2, 0.25) is 0 Å². The van der Waals surface area contributed by atoms with E-state index >= 15 is 0 Å². The Balaban J connectivity index is 0.000000369. The van der Waals surface area contributed by atoms with Crippen LogP contribution < -0.4 is 0 Å². The normalized spacial score (nSPS) is 12.6. The molecule has 0 bridgehead atoms. The fourth-order valence-electron chi connectivity index (χ4n) is 3.58. The van der Waals surface area contributed by atoms with Crippen molar-refractivity contribution >= 4 is 21.6 Å². The Morgan fingerprint density at radius 1 is 0.703 bits per heavy atom. The SMILES string of the molecule is Cc1ccc(C(C)C)cc1.[NH-][C@@H](c1ccccc1)[C@@H]([N-]S(=O)(=O)c1ccc(Cl)cc1)c1ccccc1.[Ru+2]. The first-order chi connectivity index (χ1) is 17.2. The van der Waals surface area contributed by atoms with Crippen molar-refractivity contribution in [1.29, 1.82) is 0 Å². The van der Waals surface area contributed by atoms with Crippen LogP contribution in [0.3, 0.4) is 0 Å². The van der Waals surface area contributed by atoms with Crippen molar-refractivity contribution in [3.63, 3.8) is 0 Å². The first-order valence-corrected chi connectivity index (χ1v) is 13.6. The molecular formula is C30H31ClN2O2RuS. The molecule has 0 aromatic heterocycles. The molecule has 4 nitrogen and oxygen atoms in total. The summed E-state index contributed by atoms with van der Waals surface area (Å²) in [7, 11) is -3.93. The molecule has 4 aromatic rings.